The Labute approximate surface area is 229 Å². The standard InChI is InChI=1S/C28H38BrN3O4S/c1-5-26(28(34)30-23-9-7-6-8-10-23)31(18-22-13-11-20(2)12-14-22)27(33)19-32(37(4,35)36)24-15-16-25(29)21(3)17-24/h11-17,23,26H,5-10,18-19H2,1-4H3,(H,30,34). The van der Waals surface area contributed by atoms with E-state index in [4.69, 9.17) is 0 Å². The predicted molar refractivity (Wildman–Crippen MR) is 152 cm³/mol. The van der Waals surface area contributed by atoms with Crippen LogP contribution in [0.4, 0.5) is 5.69 Å². The highest BCUT2D eigenvalue weighted by molar-refractivity contribution is 9.10. The first-order valence-corrected chi connectivity index (χ1v) is 15.5. The summed E-state index contributed by atoms with van der Waals surface area (Å²) in [6.07, 6.45) is 6.75. The molecule has 1 aliphatic carbocycles. The minimum atomic E-state index is -3.76. The minimum absolute atomic E-state index is 0.116. The van der Waals surface area contributed by atoms with Crippen molar-refractivity contribution >= 4 is 43.5 Å². The summed E-state index contributed by atoms with van der Waals surface area (Å²) < 4.78 is 27.5. The summed E-state index contributed by atoms with van der Waals surface area (Å²) >= 11 is 3.44. The van der Waals surface area contributed by atoms with E-state index in [1.807, 2.05) is 45.0 Å². The molecule has 1 atom stereocenters. The number of anilines is 1. The lowest BCUT2D eigenvalue weighted by molar-refractivity contribution is -0.140. The number of carbonyl (C=O) groups excluding carboxylic acids is 2. The Balaban J connectivity index is 1.92. The molecular weight excluding hydrogens is 554 g/mol. The average molecular weight is 593 g/mol. The van der Waals surface area contributed by atoms with Crippen molar-refractivity contribution in [3.05, 3.63) is 63.6 Å². The molecule has 0 radical (unpaired) electrons. The van der Waals surface area contributed by atoms with Gasteiger partial charge in [0.05, 0.1) is 11.9 Å². The van der Waals surface area contributed by atoms with E-state index >= 15 is 0 Å². The van der Waals surface area contributed by atoms with E-state index in [2.05, 4.69) is 21.2 Å². The fourth-order valence-electron chi connectivity index (χ4n) is 4.75. The first-order chi connectivity index (χ1) is 17.5. The molecule has 2 aromatic carbocycles. The molecular formula is C28H38BrN3O4S. The highest BCUT2D eigenvalue weighted by atomic mass is 79.9. The Morgan fingerprint density at radius 3 is 2.27 bits per heavy atom. The van der Waals surface area contributed by atoms with Gasteiger partial charge >= 0.3 is 0 Å². The van der Waals surface area contributed by atoms with Crippen LogP contribution in [-0.4, -0.2) is 50.0 Å². The average Bonchev–Trinajstić information content (AvgIpc) is 2.85. The molecule has 1 unspecified atom stereocenters. The lowest BCUT2D eigenvalue weighted by Crippen LogP contribution is -2.53. The summed E-state index contributed by atoms with van der Waals surface area (Å²) in [6.45, 7) is 5.56. The van der Waals surface area contributed by atoms with Gasteiger partial charge in [0.2, 0.25) is 21.8 Å². The topological polar surface area (TPSA) is 86.8 Å². The Bertz CT molecular complexity index is 1190. The third-order valence-corrected chi connectivity index (χ3v) is 8.95. The molecule has 1 saturated carbocycles. The summed E-state index contributed by atoms with van der Waals surface area (Å²) in [6, 6.07) is 12.4. The van der Waals surface area contributed by atoms with Gasteiger partial charge in [-0.25, -0.2) is 8.42 Å². The van der Waals surface area contributed by atoms with Crippen molar-refractivity contribution < 1.29 is 18.0 Å². The van der Waals surface area contributed by atoms with Gasteiger partial charge in [-0.3, -0.25) is 13.9 Å². The number of nitrogens with one attached hydrogen (secondary N) is 1. The molecule has 2 amide bonds. The first-order valence-electron chi connectivity index (χ1n) is 12.9. The van der Waals surface area contributed by atoms with Crippen LogP contribution in [0.25, 0.3) is 0 Å². The second-order valence-corrected chi connectivity index (χ2v) is 12.7. The Hall–Kier alpha value is -2.39. The lowest BCUT2D eigenvalue weighted by atomic mass is 9.95. The quantitative estimate of drug-likeness (QED) is 0.417. The molecule has 1 aliphatic rings. The molecule has 0 spiro atoms. The zero-order valence-electron chi connectivity index (χ0n) is 22.2. The van der Waals surface area contributed by atoms with Crippen LogP contribution in [0.1, 0.15) is 62.1 Å². The van der Waals surface area contributed by atoms with Gasteiger partial charge in [0.1, 0.15) is 12.6 Å². The first kappa shape index (κ1) is 29.2. The van der Waals surface area contributed by atoms with Gasteiger partial charge in [-0.2, -0.15) is 0 Å². The van der Waals surface area contributed by atoms with E-state index in [0.717, 1.165) is 57.4 Å². The monoisotopic (exact) mass is 591 g/mol. The number of halogens is 1. The van der Waals surface area contributed by atoms with E-state index in [9.17, 15) is 18.0 Å². The maximum Gasteiger partial charge on any atom is 0.244 e. The van der Waals surface area contributed by atoms with E-state index < -0.39 is 22.0 Å². The van der Waals surface area contributed by atoms with E-state index in [0.29, 0.717) is 12.1 Å². The van der Waals surface area contributed by atoms with Crippen molar-refractivity contribution in [2.24, 2.45) is 0 Å². The number of amides is 2. The molecule has 9 heteroatoms. The number of hydrogen-bond acceptors (Lipinski definition) is 4. The lowest BCUT2D eigenvalue weighted by Gasteiger charge is -2.34. The van der Waals surface area contributed by atoms with E-state index in [1.165, 1.54) is 11.3 Å². The van der Waals surface area contributed by atoms with Crippen LogP contribution in [0.15, 0.2) is 46.9 Å². The third-order valence-electron chi connectivity index (χ3n) is 6.92. The summed E-state index contributed by atoms with van der Waals surface area (Å²) in [4.78, 5) is 28.8. The summed E-state index contributed by atoms with van der Waals surface area (Å²) in [5, 5.41) is 3.16. The van der Waals surface area contributed by atoms with Crippen molar-refractivity contribution in [1.29, 1.82) is 0 Å². The number of aryl methyl sites for hydroxylation is 2. The molecule has 202 valence electrons. The fourth-order valence-corrected chi connectivity index (χ4v) is 5.84. The van der Waals surface area contributed by atoms with Crippen molar-refractivity contribution in [3.8, 4) is 0 Å². The Kier molecular flexibility index (Phi) is 10.2. The van der Waals surface area contributed by atoms with E-state index in [-0.39, 0.29) is 25.0 Å². The number of carbonyl (C=O) groups is 2. The molecule has 1 fully saturated rings. The van der Waals surface area contributed by atoms with Gasteiger partial charge in [-0.1, -0.05) is 71.9 Å². The van der Waals surface area contributed by atoms with Gasteiger partial charge in [-0.05, 0) is 62.4 Å². The molecule has 0 bridgehead atoms. The summed E-state index contributed by atoms with van der Waals surface area (Å²) in [5.74, 6) is -0.600. The predicted octanol–water partition coefficient (Wildman–Crippen LogP) is 5.09. The van der Waals surface area contributed by atoms with Crippen LogP contribution in [0, 0.1) is 13.8 Å². The summed E-state index contributed by atoms with van der Waals surface area (Å²) in [5.41, 5.74) is 3.24. The SMILES string of the molecule is CCC(C(=O)NC1CCCCC1)N(Cc1ccc(C)cc1)C(=O)CN(c1ccc(Br)c(C)c1)S(C)(=O)=O. The van der Waals surface area contributed by atoms with Crippen molar-refractivity contribution in [1.82, 2.24) is 10.2 Å². The number of hydrogen-bond donors (Lipinski definition) is 1. The highest BCUT2D eigenvalue weighted by Crippen LogP contribution is 2.25. The molecule has 0 saturated heterocycles. The maximum absolute atomic E-state index is 13.8. The second kappa shape index (κ2) is 12.9. The van der Waals surface area contributed by atoms with Crippen molar-refractivity contribution in [2.45, 2.75) is 77.9 Å². The summed E-state index contributed by atoms with van der Waals surface area (Å²) in [7, 11) is -3.76. The molecule has 0 aromatic heterocycles. The number of benzene rings is 2. The van der Waals surface area contributed by atoms with Crippen LogP contribution in [0.2, 0.25) is 0 Å². The third kappa shape index (κ3) is 8.04. The van der Waals surface area contributed by atoms with E-state index in [1.54, 1.807) is 18.2 Å². The van der Waals surface area contributed by atoms with Crippen LogP contribution in [0.3, 0.4) is 0 Å². The van der Waals surface area contributed by atoms with Crippen LogP contribution >= 0.6 is 15.9 Å². The fraction of sp³-hybridized carbons (Fsp3) is 0.500. The van der Waals surface area contributed by atoms with Gasteiger partial charge in [0.15, 0.2) is 0 Å². The molecule has 0 heterocycles. The highest BCUT2D eigenvalue weighted by Gasteiger charge is 2.32. The smallest absolute Gasteiger partial charge is 0.244 e. The van der Waals surface area contributed by atoms with Crippen LogP contribution in [-0.2, 0) is 26.2 Å². The number of nitrogens with zero attached hydrogens (tertiary/aromatic N) is 2. The van der Waals surface area contributed by atoms with Gasteiger partial charge < -0.3 is 10.2 Å². The normalized spacial score (nSPS) is 15.2. The Morgan fingerprint density at radius 1 is 1.05 bits per heavy atom. The van der Waals surface area contributed by atoms with Gasteiger partial charge in [0, 0.05) is 17.1 Å². The van der Waals surface area contributed by atoms with Gasteiger partial charge in [-0.15, -0.1) is 0 Å². The van der Waals surface area contributed by atoms with Crippen LogP contribution < -0.4 is 9.62 Å². The molecule has 2 aromatic rings. The van der Waals surface area contributed by atoms with Crippen molar-refractivity contribution in [3.63, 3.8) is 0 Å². The number of rotatable bonds is 10. The Morgan fingerprint density at radius 2 is 1.70 bits per heavy atom. The maximum atomic E-state index is 13.8. The van der Waals surface area contributed by atoms with Gasteiger partial charge in [0.25, 0.3) is 0 Å². The van der Waals surface area contributed by atoms with Crippen LogP contribution in [0.5, 0.6) is 0 Å². The minimum Gasteiger partial charge on any atom is -0.352 e. The molecule has 37 heavy (non-hydrogen) atoms. The second-order valence-electron chi connectivity index (χ2n) is 9.98. The molecule has 0 aliphatic heterocycles. The zero-order chi connectivity index (χ0) is 27.2. The number of sulfonamides is 1. The molecule has 3 rings (SSSR count). The zero-order valence-corrected chi connectivity index (χ0v) is 24.6. The molecule has 1 N–H and O–H groups in total. The van der Waals surface area contributed by atoms with Crippen molar-refractivity contribution in [2.75, 3.05) is 17.1 Å². The largest absolute Gasteiger partial charge is 0.352 e. The molecule has 7 nitrogen and oxygen atoms in total.